The van der Waals surface area contributed by atoms with Gasteiger partial charge in [-0.3, -0.25) is 19.5 Å². The number of aliphatic hydroxyl groups excluding tert-OH is 1. The van der Waals surface area contributed by atoms with Gasteiger partial charge in [0.05, 0.1) is 21.8 Å². The number of hydrogen-bond donors (Lipinski definition) is 1. The molecule has 0 saturated carbocycles. The van der Waals surface area contributed by atoms with Gasteiger partial charge in [0.25, 0.3) is 5.78 Å². The van der Waals surface area contributed by atoms with E-state index in [2.05, 4.69) is 9.97 Å². The summed E-state index contributed by atoms with van der Waals surface area (Å²) in [6.45, 7) is 2.80. The number of benzene rings is 2. The van der Waals surface area contributed by atoms with Gasteiger partial charge in [0.1, 0.15) is 19.0 Å². The van der Waals surface area contributed by atoms with Crippen LogP contribution in [0.3, 0.4) is 0 Å². The van der Waals surface area contributed by atoms with Crippen LogP contribution in [0, 0.1) is 6.92 Å². The highest BCUT2D eigenvalue weighted by molar-refractivity contribution is 7.22. The summed E-state index contributed by atoms with van der Waals surface area (Å²) in [5.74, 6) is -0.820. The number of aryl methyl sites for hydroxylation is 1. The first-order valence-electron chi connectivity index (χ1n) is 11.0. The summed E-state index contributed by atoms with van der Waals surface area (Å²) in [6, 6.07) is 13.3. The maximum atomic E-state index is 13.3. The summed E-state index contributed by atoms with van der Waals surface area (Å²) in [6.07, 6.45) is 3.19. The molecule has 1 fully saturated rings. The molecule has 2 aromatic heterocycles. The zero-order valence-corrected chi connectivity index (χ0v) is 19.4. The molecule has 6 rings (SSSR count). The van der Waals surface area contributed by atoms with Crippen LogP contribution in [0.4, 0.5) is 5.13 Å². The lowest BCUT2D eigenvalue weighted by Crippen LogP contribution is -2.29. The highest BCUT2D eigenvalue weighted by atomic mass is 32.1. The maximum absolute atomic E-state index is 13.3. The Balaban J connectivity index is 1.53. The van der Waals surface area contributed by atoms with Gasteiger partial charge < -0.3 is 14.6 Å². The number of aromatic nitrogens is 2. The number of anilines is 1. The van der Waals surface area contributed by atoms with Gasteiger partial charge in [-0.05, 0) is 54.4 Å². The molecule has 8 nitrogen and oxygen atoms in total. The zero-order valence-electron chi connectivity index (χ0n) is 18.6. The van der Waals surface area contributed by atoms with Crippen molar-refractivity contribution in [1.29, 1.82) is 0 Å². The molecule has 4 heterocycles. The molecule has 4 aromatic rings. The molecular weight excluding hydrogens is 466 g/mol. The first-order chi connectivity index (χ1) is 17.0. The van der Waals surface area contributed by atoms with E-state index in [0.717, 1.165) is 15.8 Å². The predicted molar refractivity (Wildman–Crippen MR) is 131 cm³/mol. The molecule has 1 amide bonds. The molecule has 1 saturated heterocycles. The van der Waals surface area contributed by atoms with E-state index >= 15 is 0 Å². The molecule has 2 aromatic carbocycles. The Morgan fingerprint density at radius 2 is 1.91 bits per heavy atom. The molecule has 1 atom stereocenters. The fourth-order valence-corrected chi connectivity index (χ4v) is 5.44. The molecule has 2 aliphatic heterocycles. The number of Topliss-reactive ketones (excluding diaryl/α,β-unsaturated/α-hetero) is 1. The Morgan fingerprint density at radius 3 is 2.71 bits per heavy atom. The number of aliphatic hydroxyl groups is 1. The van der Waals surface area contributed by atoms with Gasteiger partial charge >= 0.3 is 5.91 Å². The molecule has 2 aliphatic rings. The molecule has 174 valence electrons. The third kappa shape index (κ3) is 3.52. The van der Waals surface area contributed by atoms with E-state index in [9.17, 15) is 14.7 Å². The Bertz CT molecular complexity index is 1530. The SMILES string of the molecule is Cc1ccc2nc(N3C(=O)C(=O)/C(=C(/O)c4ccc5c(c4)OCCO5)[C@H]3c3cccnc3)sc2c1. The minimum absolute atomic E-state index is 0.0323. The van der Waals surface area contributed by atoms with Crippen molar-refractivity contribution >= 4 is 44.1 Å². The van der Waals surface area contributed by atoms with Crippen LogP contribution in [0.25, 0.3) is 16.0 Å². The molecule has 0 aliphatic carbocycles. The van der Waals surface area contributed by atoms with Crippen molar-refractivity contribution in [2.24, 2.45) is 0 Å². The lowest BCUT2D eigenvalue weighted by Gasteiger charge is -2.23. The third-order valence-electron chi connectivity index (χ3n) is 6.00. The smallest absolute Gasteiger partial charge is 0.301 e. The zero-order chi connectivity index (χ0) is 24.1. The monoisotopic (exact) mass is 485 g/mol. The van der Waals surface area contributed by atoms with E-state index < -0.39 is 17.7 Å². The van der Waals surface area contributed by atoms with Gasteiger partial charge in [0.2, 0.25) is 0 Å². The Morgan fingerprint density at radius 1 is 1.09 bits per heavy atom. The molecule has 0 radical (unpaired) electrons. The number of rotatable bonds is 3. The third-order valence-corrected chi connectivity index (χ3v) is 7.02. The van der Waals surface area contributed by atoms with Crippen LogP contribution in [0.5, 0.6) is 11.5 Å². The lowest BCUT2D eigenvalue weighted by molar-refractivity contribution is -0.132. The minimum Gasteiger partial charge on any atom is -0.507 e. The number of ketones is 1. The average molecular weight is 486 g/mol. The van der Waals surface area contributed by atoms with Gasteiger partial charge in [0, 0.05) is 18.0 Å². The van der Waals surface area contributed by atoms with Gasteiger partial charge in [-0.2, -0.15) is 0 Å². The number of nitrogens with zero attached hydrogens (tertiary/aromatic N) is 3. The van der Waals surface area contributed by atoms with E-state index in [0.29, 0.717) is 41.0 Å². The van der Waals surface area contributed by atoms with E-state index in [1.54, 1.807) is 42.7 Å². The van der Waals surface area contributed by atoms with Gasteiger partial charge in [-0.15, -0.1) is 0 Å². The van der Waals surface area contributed by atoms with Crippen molar-refractivity contribution in [2.45, 2.75) is 13.0 Å². The summed E-state index contributed by atoms with van der Waals surface area (Å²) >= 11 is 1.32. The van der Waals surface area contributed by atoms with Crippen LogP contribution in [-0.2, 0) is 9.59 Å². The van der Waals surface area contributed by atoms with Crippen LogP contribution >= 0.6 is 11.3 Å². The van der Waals surface area contributed by atoms with Crippen molar-refractivity contribution in [3.8, 4) is 11.5 Å². The molecule has 0 unspecified atom stereocenters. The standard InChI is InChI=1S/C26H19N3O5S/c1-14-4-6-17-20(11-14)35-26(28-17)29-22(16-3-2-8-27-13-16)21(24(31)25(29)32)23(30)15-5-7-18-19(12-15)34-10-9-33-18/h2-8,11-13,22,30H,9-10H2,1H3/b23-21+/t22-/m1/s1. The predicted octanol–water partition coefficient (Wildman–Crippen LogP) is 4.40. The largest absolute Gasteiger partial charge is 0.507 e. The van der Waals surface area contributed by atoms with Crippen molar-refractivity contribution in [2.75, 3.05) is 18.1 Å². The molecule has 35 heavy (non-hydrogen) atoms. The van der Waals surface area contributed by atoms with Crippen molar-refractivity contribution in [3.05, 3.63) is 83.2 Å². The number of carbonyl (C=O) groups is 2. The normalized spacial score (nSPS) is 18.9. The second-order valence-corrected chi connectivity index (χ2v) is 9.29. The summed E-state index contributed by atoms with van der Waals surface area (Å²) < 4.78 is 12.1. The highest BCUT2D eigenvalue weighted by Crippen LogP contribution is 2.45. The Labute approximate surface area is 204 Å². The second-order valence-electron chi connectivity index (χ2n) is 8.28. The molecular formula is C26H19N3O5S. The summed E-state index contributed by atoms with van der Waals surface area (Å²) in [4.78, 5) is 36.8. The minimum atomic E-state index is -0.890. The van der Waals surface area contributed by atoms with Crippen LogP contribution in [0.15, 0.2) is 66.5 Å². The van der Waals surface area contributed by atoms with Crippen LogP contribution < -0.4 is 14.4 Å². The first-order valence-corrected chi connectivity index (χ1v) is 11.8. The number of carbonyl (C=O) groups excluding carboxylic acids is 2. The Hall–Kier alpha value is -4.24. The summed E-state index contributed by atoms with van der Waals surface area (Å²) in [7, 11) is 0. The van der Waals surface area contributed by atoms with Crippen molar-refractivity contribution in [3.63, 3.8) is 0 Å². The van der Waals surface area contributed by atoms with Crippen LogP contribution in [0.1, 0.15) is 22.7 Å². The fraction of sp³-hybridized carbons (Fsp3) is 0.154. The molecule has 9 heteroatoms. The van der Waals surface area contributed by atoms with Crippen molar-refractivity contribution in [1.82, 2.24) is 9.97 Å². The van der Waals surface area contributed by atoms with Crippen LogP contribution in [-0.4, -0.2) is 40.0 Å². The molecule has 0 bridgehead atoms. The first kappa shape index (κ1) is 21.3. The Kier molecular flexibility index (Phi) is 5.00. The van der Waals surface area contributed by atoms with Gasteiger partial charge in [-0.25, -0.2) is 4.98 Å². The number of ether oxygens (including phenoxy) is 2. The van der Waals surface area contributed by atoms with E-state index in [-0.39, 0.29) is 11.3 Å². The number of thiazole rings is 1. The van der Waals surface area contributed by atoms with E-state index in [1.165, 1.54) is 16.2 Å². The molecule has 1 N–H and O–H groups in total. The lowest BCUT2D eigenvalue weighted by atomic mass is 9.96. The summed E-state index contributed by atoms with van der Waals surface area (Å²) in [5.41, 5.74) is 2.70. The number of fused-ring (bicyclic) bond motifs is 2. The van der Waals surface area contributed by atoms with Crippen molar-refractivity contribution < 1.29 is 24.2 Å². The van der Waals surface area contributed by atoms with Gasteiger partial charge in [0.15, 0.2) is 16.6 Å². The number of pyridine rings is 1. The highest BCUT2D eigenvalue weighted by Gasteiger charge is 2.48. The topological polar surface area (TPSA) is 102 Å². The number of hydrogen-bond acceptors (Lipinski definition) is 8. The average Bonchev–Trinajstić information content (AvgIpc) is 3.41. The van der Waals surface area contributed by atoms with E-state index in [1.807, 2.05) is 25.1 Å². The van der Waals surface area contributed by atoms with Crippen LogP contribution in [0.2, 0.25) is 0 Å². The molecule has 0 spiro atoms. The summed E-state index contributed by atoms with van der Waals surface area (Å²) in [5, 5.41) is 11.7. The number of amides is 1. The van der Waals surface area contributed by atoms with E-state index in [4.69, 9.17) is 9.47 Å². The fourth-order valence-electron chi connectivity index (χ4n) is 4.35. The quantitative estimate of drug-likeness (QED) is 0.261. The second kappa shape index (κ2) is 8.21. The maximum Gasteiger partial charge on any atom is 0.301 e. The van der Waals surface area contributed by atoms with Gasteiger partial charge in [-0.1, -0.05) is 23.5 Å².